The van der Waals surface area contributed by atoms with Crippen LogP contribution in [0.1, 0.15) is 24.2 Å². The van der Waals surface area contributed by atoms with Crippen molar-refractivity contribution in [1.82, 2.24) is 15.0 Å². The van der Waals surface area contributed by atoms with Gasteiger partial charge in [0, 0.05) is 17.1 Å². The molecule has 0 bridgehead atoms. The lowest BCUT2D eigenvalue weighted by atomic mass is 10.0. The summed E-state index contributed by atoms with van der Waals surface area (Å²) in [4.78, 5) is 0. The number of rotatable bonds is 4. The zero-order valence-electron chi connectivity index (χ0n) is 10.3. The highest BCUT2D eigenvalue weighted by atomic mass is 35.5. The third kappa shape index (κ3) is 2.32. The first-order chi connectivity index (χ1) is 8.67. The third-order valence-corrected chi connectivity index (χ3v) is 3.03. The van der Waals surface area contributed by atoms with E-state index in [2.05, 4.69) is 10.3 Å². The molecule has 0 fully saturated rings. The van der Waals surface area contributed by atoms with Crippen LogP contribution >= 0.6 is 11.6 Å². The Balaban J connectivity index is 2.45. The van der Waals surface area contributed by atoms with E-state index in [4.69, 9.17) is 22.1 Å². The second kappa shape index (κ2) is 5.37. The highest BCUT2D eigenvalue weighted by Crippen LogP contribution is 2.30. The molecule has 1 aromatic heterocycles. The number of benzene rings is 1. The molecular weight excluding hydrogens is 252 g/mol. The van der Waals surface area contributed by atoms with Crippen LogP contribution in [-0.4, -0.2) is 22.1 Å². The molecule has 0 amide bonds. The fourth-order valence-electron chi connectivity index (χ4n) is 1.86. The Morgan fingerprint density at radius 2 is 2.28 bits per heavy atom. The molecule has 18 heavy (non-hydrogen) atoms. The zero-order valence-corrected chi connectivity index (χ0v) is 11.1. The molecule has 0 aliphatic heterocycles. The first kappa shape index (κ1) is 12.9. The summed E-state index contributed by atoms with van der Waals surface area (Å²) in [5, 5.41) is 8.47. The number of aromatic nitrogens is 3. The summed E-state index contributed by atoms with van der Waals surface area (Å²) in [5.41, 5.74) is 7.90. The number of nitrogens with zero attached hydrogens (tertiary/aromatic N) is 3. The lowest BCUT2D eigenvalue weighted by molar-refractivity contribution is 0.406. The number of hydrogen-bond donors (Lipinski definition) is 1. The lowest BCUT2D eigenvalue weighted by Crippen LogP contribution is -2.18. The largest absolute Gasteiger partial charge is 0.496 e. The summed E-state index contributed by atoms with van der Waals surface area (Å²) in [7, 11) is 1.61. The first-order valence-corrected chi connectivity index (χ1v) is 6.02. The molecule has 0 saturated heterocycles. The van der Waals surface area contributed by atoms with Crippen molar-refractivity contribution >= 4 is 11.6 Å². The molecule has 0 radical (unpaired) electrons. The molecule has 2 aromatic rings. The van der Waals surface area contributed by atoms with Gasteiger partial charge in [-0.25, -0.2) is 4.68 Å². The van der Waals surface area contributed by atoms with Gasteiger partial charge in [-0.15, -0.1) is 5.10 Å². The van der Waals surface area contributed by atoms with Gasteiger partial charge in [-0.2, -0.15) is 0 Å². The molecule has 0 saturated carbocycles. The van der Waals surface area contributed by atoms with Crippen molar-refractivity contribution in [2.75, 3.05) is 7.11 Å². The monoisotopic (exact) mass is 266 g/mol. The second-order valence-corrected chi connectivity index (χ2v) is 4.28. The van der Waals surface area contributed by atoms with Crippen molar-refractivity contribution in [3.05, 3.63) is 40.7 Å². The highest BCUT2D eigenvalue weighted by molar-refractivity contribution is 6.30. The highest BCUT2D eigenvalue weighted by Gasteiger charge is 2.18. The topological polar surface area (TPSA) is 66.0 Å². The molecular formula is C12H15ClN4O. The maximum Gasteiger partial charge on any atom is 0.124 e. The average molecular weight is 267 g/mol. The second-order valence-electron chi connectivity index (χ2n) is 3.84. The summed E-state index contributed by atoms with van der Waals surface area (Å²) >= 11 is 6.00. The van der Waals surface area contributed by atoms with Crippen LogP contribution in [0.25, 0.3) is 0 Å². The number of ether oxygens (including phenoxy) is 1. The quantitative estimate of drug-likeness (QED) is 0.919. The summed E-state index contributed by atoms with van der Waals surface area (Å²) in [6.07, 6.45) is 1.66. The van der Waals surface area contributed by atoms with Crippen molar-refractivity contribution < 1.29 is 4.74 Å². The molecule has 0 aliphatic carbocycles. The van der Waals surface area contributed by atoms with E-state index in [9.17, 15) is 0 Å². The van der Waals surface area contributed by atoms with Gasteiger partial charge in [0.05, 0.1) is 25.0 Å². The van der Waals surface area contributed by atoms with Gasteiger partial charge >= 0.3 is 0 Å². The Morgan fingerprint density at radius 3 is 2.94 bits per heavy atom. The van der Waals surface area contributed by atoms with Crippen LogP contribution in [0.2, 0.25) is 5.02 Å². The molecule has 0 aliphatic rings. The van der Waals surface area contributed by atoms with Gasteiger partial charge in [0.2, 0.25) is 0 Å². The predicted molar refractivity (Wildman–Crippen MR) is 69.7 cm³/mol. The van der Waals surface area contributed by atoms with Gasteiger partial charge in [-0.1, -0.05) is 16.8 Å². The van der Waals surface area contributed by atoms with E-state index in [0.717, 1.165) is 11.3 Å². The molecule has 2 N–H and O–H groups in total. The van der Waals surface area contributed by atoms with Crippen LogP contribution in [0.3, 0.4) is 0 Å². The van der Waals surface area contributed by atoms with Crippen LogP contribution in [0.5, 0.6) is 5.75 Å². The Kier molecular flexibility index (Phi) is 3.84. The molecule has 1 atom stereocenters. The predicted octanol–water partition coefficient (Wildman–Crippen LogP) is 2.01. The number of nitrogens with two attached hydrogens (primary N) is 1. The SMILES string of the molecule is CCn1nncc1C(N)c1cc(Cl)ccc1OC. The minimum absolute atomic E-state index is 0.367. The average Bonchev–Trinajstić information content (AvgIpc) is 2.86. The molecule has 0 spiro atoms. The van der Waals surface area contributed by atoms with Crippen LogP contribution in [0.4, 0.5) is 0 Å². The summed E-state index contributed by atoms with van der Waals surface area (Å²) in [6.45, 7) is 2.70. The van der Waals surface area contributed by atoms with Crippen LogP contribution in [-0.2, 0) is 6.54 Å². The zero-order chi connectivity index (χ0) is 13.1. The van der Waals surface area contributed by atoms with Crippen molar-refractivity contribution in [3.8, 4) is 5.75 Å². The maximum atomic E-state index is 6.24. The standard InChI is InChI=1S/C12H15ClN4O/c1-3-17-10(7-15-16-17)12(14)9-6-8(13)4-5-11(9)18-2/h4-7,12H,3,14H2,1-2H3. The Labute approximate surface area is 111 Å². The lowest BCUT2D eigenvalue weighted by Gasteiger charge is -2.16. The van der Waals surface area contributed by atoms with Gasteiger partial charge in [0.1, 0.15) is 5.75 Å². The van der Waals surface area contributed by atoms with E-state index in [1.165, 1.54) is 0 Å². The Bertz CT molecular complexity index is 541. The first-order valence-electron chi connectivity index (χ1n) is 5.64. The maximum absolute atomic E-state index is 6.24. The van der Waals surface area contributed by atoms with E-state index < -0.39 is 0 Å². The van der Waals surface area contributed by atoms with E-state index in [0.29, 0.717) is 17.3 Å². The van der Waals surface area contributed by atoms with Crippen molar-refractivity contribution in [2.45, 2.75) is 19.5 Å². The number of aryl methyl sites for hydroxylation is 1. The molecule has 5 nitrogen and oxygen atoms in total. The van der Waals surface area contributed by atoms with Crippen LogP contribution in [0.15, 0.2) is 24.4 Å². The van der Waals surface area contributed by atoms with Gasteiger partial charge in [-0.3, -0.25) is 0 Å². The molecule has 1 heterocycles. The fourth-order valence-corrected chi connectivity index (χ4v) is 2.04. The van der Waals surface area contributed by atoms with E-state index in [1.54, 1.807) is 36.2 Å². The minimum atomic E-state index is -0.367. The van der Waals surface area contributed by atoms with Gasteiger partial charge in [-0.05, 0) is 25.1 Å². The number of hydrogen-bond acceptors (Lipinski definition) is 4. The van der Waals surface area contributed by atoms with E-state index in [-0.39, 0.29) is 6.04 Å². The summed E-state index contributed by atoms with van der Waals surface area (Å²) in [5.74, 6) is 0.704. The number of halogens is 1. The smallest absolute Gasteiger partial charge is 0.124 e. The Hall–Kier alpha value is -1.59. The van der Waals surface area contributed by atoms with Crippen molar-refractivity contribution in [2.24, 2.45) is 5.73 Å². The van der Waals surface area contributed by atoms with E-state index in [1.807, 2.05) is 6.92 Å². The van der Waals surface area contributed by atoms with Crippen LogP contribution in [0, 0.1) is 0 Å². The van der Waals surface area contributed by atoms with Gasteiger partial charge in [0.25, 0.3) is 0 Å². The van der Waals surface area contributed by atoms with E-state index >= 15 is 0 Å². The Morgan fingerprint density at radius 1 is 1.50 bits per heavy atom. The normalized spacial score (nSPS) is 12.4. The fraction of sp³-hybridized carbons (Fsp3) is 0.333. The number of methoxy groups -OCH3 is 1. The summed E-state index contributed by atoms with van der Waals surface area (Å²) in [6, 6.07) is 5.01. The minimum Gasteiger partial charge on any atom is -0.496 e. The molecule has 1 unspecified atom stereocenters. The van der Waals surface area contributed by atoms with Gasteiger partial charge in [0.15, 0.2) is 0 Å². The molecule has 2 rings (SSSR count). The van der Waals surface area contributed by atoms with Crippen molar-refractivity contribution in [3.63, 3.8) is 0 Å². The molecule has 6 heteroatoms. The van der Waals surface area contributed by atoms with Gasteiger partial charge < -0.3 is 10.5 Å². The molecule has 1 aromatic carbocycles. The van der Waals surface area contributed by atoms with Crippen molar-refractivity contribution in [1.29, 1.82) is 0 Å². The summed E-state index contributed by atoms with van der Waals surface area (Å²) < 4.78 is 7.06. The molecule has 96 valence electrons. The third-order valence-electron chi connectivity index (χ3n) is 2.79. The van der Waals surface area contributed by atoms with Crippen LogP contribution < -0.4 is 10.5 Å².